The van der Waals surface area contributed by atoms with Gasteiger partial charge in [0.25, 0.3) is 5.91 Å². The van der Waals surface area contributed by atoms with E-state index in [0.717, 1.165) is 18.4 Å². The van der Waals surface area contributed by atoms with Gasteiger partial charge in [-0.15, -0.1) is 0 Å². The van der Waals surface area contributed by atoms with E-state index in [-0.39, 0.29) is 28.3 Å². The van der Waals surface area contributed by atoms with Gasteiger partial charge in [-0.2, -0.15) is 0 Å². The normalized spacial score (nSPS) is 15.8. The van der Waals surface area contributed by atoms with Gasteiger partial charge in [0.2, 0.25) is 0 Å². The Morgan fingerprint density at radius 2 is 1.97 bits per heavy atom. The summed E-state index contributed by atoms with van der Waals surface area (Å²) in [7, 11) is 3.15. The highest BCUT2D eigenvalue weighted by Gasteiger charge is 2.32. The molecule has 1 aliphatic heterocycles. The zero-order valence-corrected chi connectivity index (χ0v) is 16.9. The third kappa shape index (κ3) is 4.56. The molecule has 1 aliphatic rings. The number of likely N-dealkylation sites (tertiary alicyclic amines) is 1. The molecule has 0 aliphatic carbocycles. The van der Waals surface area contributed by atoms with Gasteiger partial charge < -0.3 is 24.2 Å². The van der Waals surface area contributed by atoms with Crippen LogP contribution in [0.15, 0.2) is 36.4 Å². The van der Waals surface area contributed by atoms with Gasteiger partial charge in [0.05, 0.1) is 20.3 Å². The maximum absolute atomic E-state index is 12.8. The van der Waals surface area contributed by atoms with Crippen molar-refractivity contribution in [2.45, 2.75) is 18.9 Å². The minimum Gasteiger partial charge on any atom is -0.507 e. The van der Waals surface area contributed by atoms with Crippen LogP contribution in [0.3, 0.4) is 0 Å². The Morgan fingerprint density at radius 3 is 2.69 bits per heavy atom. The molecule has 1 atom stereocenters. The van der Waals surface area contributed by atoms with E-state index in [1.165, 1.54) is 18.2 Å². The standard InChI is InChI=1S/C21H22ClNO6/c1-27-14-6-8-19(28-2)15(11-14)17-4-3-9-23(17)20(25)12-29-21(26)16-10-13(22)5-7-18(16)24/h5-8,10-11,17,24H,3-4,9,12H2,1-2H3/t17-/m0/s1. The predicted molar refractivity (Wildman–Crippen MR) is 107 cm³/mol. The molecule has 0 bridgehead atoms. The number of hydrogen-bond acceptors (Lipinski definition) is 6. The molecule has 0 radical (unpaired) electrons. The molecule has 1 amide bonds. The Morgan fingerprint density at radius 1 is 1.17 bits per heavy atom. The van der Waals surface area contributed by atoms with E-state index in [1.807, 2.05) is 6.07 Å². The predicted octanol–water partition coefficient (Wildman–Crippen LogP) is 3.58. The molecule has 8 heteroatoms. The van der Waals surface area contributed by atoms with E-state index in [4.69, 9.17) is 25.8 Å². The van der Waals surface area contributed by atoms with Crippen LogP contribution < -0.4 is 9.47 Å². The minimum atomic E-state index is -0.812. The van der Waals surface area contributed by atoms with Gasteiger partial charge in [0, 0.05) is 17.1 Å². The lowest BCUT2D eigenvalue weighted by Gasteiger charge is -2.26. The van der Waals surface area contributed by atoms with Gasteiger partial charge in [-0.3, -0.25) is 4.79 Å². The van der Waals surface area contributed by atoms with Crippen LogP contribution in [0.25, 0.3) is 0 Å². The van der Waals surface area contributed by atoms with Crippen molar-refractivity contribution in [2.24, 2.45) is 0 Å². The molecule has 2 aromatic rings. The van der Waals surface area contributed by atoms with Crippen LogP contribution in [0, 0.1) is 0 Å². The average molecular weight is 420 g/mol. The molecule has 154 valence electrons. The number of phenolic OH excluding ortho intramolecular Hbond substituents is 1. The zero-order valence-electron chi connectivity index (χ0n) is 16.2. The molecule has 1 fully saturated rings. The van der Waals surface area contributed by atoms with E-state index < -0.39 is 12.6 Å². The van der Waals surface area contributed by atoms with Crippen LogP contribution >= 0.6 is 11.6 Å². The quantitative estimate of drug-likeness (QED) is 0.720. The Labute approximate surface area is 173 Å². The fourth-order valence-electron chi connectivity index (χ4n) is 3.45. The van der Waals surface area contributed by atoms with E-state index >= 15 is 0 Å². The van der Waals surface area contributed by atoms with E-state index in [0.29, 0.717) is 18.0 Å². The van der Waals surface area contributed by atoms with E-state index in [9.17, 15) is 14.7 Å². The number of esters is 1. The number of aromatic hydroxyl groups is 1. The van der Waals surface area contributed by atoms with Crippen LogP contribution in [0.4, 0.5) is 0 Å². The minimum absolute atomic E-state index is 0.0854. The number of carbonyl (C=O) groups excluding carboxylic acids is 2. The third-order valence-electron chi connectivity index (χ3n) is 4.87. The van der Waals surface area contributed by atoms with Gasteiger partial charge in [0.15, 0.2) is 6.61 Å². The van der Waals surface area contributed by atoms with E-state index in [2.05, 4.69) is 0 Å². The summed E-state index contributed by atoms with van der Waals surface area (Å²) in [5, 5.41) is 10.1. The second kappa shape index (κ2) is 9.05. The molecule has 1 saturated heterocycles. The number of halogens is 1. The van der Waals surface area contributed by atoms with E-state index in [1.54, 1.807) is 31.3 Å². The summed E-state index contributed by atoms with van der Waals surface area (Å²) in [5.41, 5.74) is 0.759. The average Bonchev–Trinajstić information content (AvgIpc) is 3.22. The zero-order chi connectivity index (χ0) is 21.0. The van der Waals surface area contributed by atoms with Crippen LogP contribution in [0.2, 0.25) is 5.02 Å². The first-order chi connectivity index (χ1) is 13.9. The molecular weight excluding hydrogens is 398 g/mol. The van der Waals surface area contributed by atoms with Gasteiger partial charge in [-0.1, -0.05) is 11.6 Å². The Bertz CT molecular complexity index is 916. The number of phenols is 1. The molecule has 7 nitrogen and oxygen atoms in total. The smallest absolute Gasteiger partial charge is 0.342 e. The fraction of sp³-hybridized carbons (Fsp3) is 0.333. The molecule has 3 rings (SSSR count). The van der Waals surface area contributed by atoms with Gasteiger partial charge in [-0.25, -0.2) is 4.79 Å². The maximum Gasteiger partial charge on any atom is 0.342 e. The second-order valence-electron chi connectivity index (χ2n) is 6.59. The summed E-state index contributed by atoms with van der Waals surface area (Å²) >= 11 is 5.85. The van der Waals surface area contributed by atoms with Crippen LogP contribution in [-0.4, -0.2) is 49.3 Å². The molecular formula is C21H22ClNO6. The Kier molecular flexibility index (Phi) is 6.49. The molecule has 2 aromatic carbocycles. The molecule has 0 spiro atoms. The lowest BCUT2D eigenvalue weighted by atomic mass is 10.0. The SMILES string of the molecule is COc1ccc(OC)c([C@@H]2CCCN2C(=O)COC(=O)c2cc(Cl)ccc2O)c1. The van der Waals surface area contributed by atoms with Gasteiger partial charge in [0.1, 0.15) is 22.8 Å². The van der Waals surface area contributed by atoms with Crippen molar-refractivity contribution in [3.8, 4) is 17.2 Å². The van der Waals surface area contributed by atoms with Gasteiger partial charge in [-0.05, 0) is 49.2 Å². The Balaban J connectivity index is 1.72. The van der Waals surface area contributed by atoms with Crippen molar-refractivity contribution < 1.29 is 28.9 Å². The number of amides is 1. The van der Waals surface area contributed by atoms with Crippen molar-refractivity contribution in [1.82, 2.24) is 4.90 Å². The van der Waals surface area contributed by atoms with Crippen LogP contribution in [0.5, 0.6) is 17.2 Å². The number of methoxy groups -OCH3 is 2. The highest BCUT2D eigenvalue weighted by atomic mass is 35.5. The lowest BCUT2D eigenvalue weighted by Crippen LogP contribution is -2.34. The lowest BCUT2D eigenvalue weighted by molar-refractivity contribution is -0.135. The number of benzene rings is 2. The first-order valence-corrected chi connectivity index (χ1v) is 9.49. The van der Waals surface area contributed by atoms with Crippen molar-refractivity contribution in [2.75, 3.05) is 27.4 Å². The fourth-order valence-corrected chi connectivity index (χ4v) is 3.62. The summed E-state index contributed by atoms with van der Waals surface area (Å²) in [6.45, 7) is 0.109. The summed E-state index contributed by atoms with van der Waals surface area (Å²) < 4.78 is 15.9. The second-order valence-corrected chi connectivity index (χ2v) is 7.03. The van der Waals surface area contributed by atoms with Crippen molar-refractivity contribution >= 4 is 23.5 Å². The monoisotopic (exact) mass is 419 g/mol. The summed E-state index contributed by atoms with van der Waals surface area (Å²) in [5.74, 6) is -0.0633. The van der Waals surface area contributed by atoms with Gasteiger partial charge >= 0.3 is 5.97 Å². The summed E-state index contributed by atoms with van der Waals surface area (Å²) in [6.07, 6.45) is 1.58. The van der Waals surface area contributed by atoms with Crippen molar-refractivity contribution in [3.05, 3.63) is 52.5 Å². The highest BCUT2D eigenvalue weighted by molar-refractivity contribution is 6.31. The number of nitrogens with zero attached hydrogens (tertiary/aromatic N) is 1. The molecule has 1 N–H and O–H groups in total. The maximum atomic E-state index is 12.8. The van der Waals surface area contributed by atoms with Crippen molar-refractivity contribution in [1.29, 1.82) is 0 Å². The summed E-state index contributed by atoms with van der Waals surface area (Å²) in [6, 6.07) is 9.29. The summed E-state index contributed by atoms with van der Waals surface area (Å²) in [4.78, 5) is 26.7. The molecule has 1 heterocycles. The molecule has 29 heavy (non-hydrogen) atoms. The van der Waals surface area contributed by atoms with Crippen LogP contribution in [0.1, 0.15) is 34.8 Å². The first-order valence-electron chi connectivity index (χ1n) is 9.11. The largest absolute Gasteiger partial charge is 0.507 e. The number of hydrogen-bond donors (Lipinski definition) is 1. The molecule has 0 saturated carbocycles. The molecule has 0 unspecified atom stereocenters. The van der Waals surface area contributed by atoms with Crippen LogP contribution in [-0.2, 0) is 9.53 Å². The third-order valence-corrected chi connectivity index (χ3v) is 5.11. The first kappa shape index (κ1) is 20.8. The Hall–Kier alpha value is -2.93. The molecule has 0 aromatic heterocycles. The van der Waals surface area contributed by atoms with Crippen molar-refractivity contribution in [3.63, 3.8) is 0 Å². The highest BCUT2D eigenvalue weighted by Crippen LogP contribution is 2.39. The number of ether oxygens (including phenoxy) is 3. The number of rotatable bonds is 6. The number of carbonyl (C=O) groups is 2. The topological polar surface area (TPSA) is 85.3 Å².